The fourth-order valence-corrected chi connectivity index (χ4v) is 1.50. The van der Waals surface area contributed by atoms with Crippen molar-refractivity contribution >= 4 is 5.69 Å². The van der Waals surface area contributed by atoms with E-state index in [1.165, 1.54) is 0 Å². The van der Waals surface area contributed by atoms with E-state index in [-0.39, 0.29) is 6.61 Å². The molecular weight excluding hydrogens is 188 g/mol. The molecule has 0 atom stereocenters. The maximum Gasteiger partial charge on any atom is 0.0792 e. The summed E-state index contributed by atoms with van der Waals surface area (Å²) >= 11 is 0. The molecule has 0 radical (unpaired) electrons. The van der Waals surface area contributed by atoms with E-state index in [0.717, 1.165) is 24.2 Å². The van der Waals surface area contributed by atoms with Crippen molar-refractivity contribution in [1.82, 2.24) is 4.98 Å². The van der Waals surface area contributed by atoms with Gasteiger partial charge in [-0.1, -0.05) is 12.8 Å². The summed E-state index contributed by atoms with van der Waals surface area (Å²) in [5.41, 5.74) is 1.80. The van der Waals surface area contributed by atoms with Crippen molar-refractivity contribution < 1.29 is 5.11 Å². The second kappa shape index (κ2) is 6.05. The van der Waals surface area contributed by atoms with E-state index < -0.39 is 0 Å². The molecule has 0 saturated heterocycles. The zero-order chi connectivity index (χ0) is 11.1. The molecule has 80 valence electrons. The maximum absolute atomic E-state index is 9.20. The molecule has 0 unspecified atom stereocenters. The van der Waals surface area contributed by atoms with Crippen LogP contribution in [0.1, 0.15) is 18.9 Å². The molecule has 1 N–H and O–H groups in total. The quantitative estimate of drug-likeness (QED) is 0.737. The first-order chi connectivity index (χ1) is 7.33. The fraction of sp³-hybridized carbons (Fsp3) is 0.417. The monoisotopic (exact) mass is 204 g/mol. The summed E-state index contributed by atoms with van der Waals surface area (Å²) in [6, 6.07) is 1.81. The lowest BCUT2D eigenvalue weighted by Gasteiger charge is -2.23. The Bertz CT molecular complexity index is 344. The molecule has 0 bridgehead atoms. The molecule has 1 aromatic rings. The summed E-state index contributed by atoms with van der Waals surface area (Å²) in [4.78, 5) is 6.11. The van der Waals surface area contributed by atoms with E-state index in [0.29, 0.717) is 6.54 Å². The Balaban J connectivity index is 2.94. The van der Waals surface area contributed by atoms with Crippen molar-refractivity contribution in [2.24, 2.45) is 0 Å². The van der Waals surface area contributed by atoms with E-state index in [4.69, 9.17) is 6.42 Å². The minimum Gasteiger partial charge on any atom is -0.392 e. The summed E-state index contributed by atoms with van der Waals surface area (Å²) in [5.74, 6) is 2.62. The number of aliphatic hydroxyl groups is 1. The van der Waals surface area contributed by atoms with Crippen LogP contribution in [0.5, 0.6) is 0 Å². The van der Waals surface area contributed by atoms with E-state index in [1.807, 2.05) is 6.07 Å². The molecule has 1 heterocycles. The summed E-state index contributed by atoms with van der Waals surface area (Å²) in [6.45, 7) is 3.54. The highest BCUT2D eigenvalue weighted by Crippen LogP contribution is 2.18. The Kier molecular flexibility index (Phi) is 4.65. The fourth-order valence-electron chi connectivity index (χ4n) is 1.50. The third-order valence-electron chi connectivity index (χ3n) is 2.17. The van der Waals surface area contributed by atoms with Gasteiger partial charge < -0.3 is 10.0 Å². The van der Waals surface area contributed by atoms with Gasteiger partial charge in [0, 0.05) is 18.3 Å². The number of hydrogen-bond donors (Lipinski definition) is 1. The second-order valence-electron chi connectivity index (χ2n) is 3.29. The zero-order valence-electron chi connectivity index (χ0n) is 8.98. The highest BCUT2D eigenvalue weighted by molar-refractivity contribution is 5.52. The van der Waals surface area contributed by atoms with Crippen molar-refractivity contribution in [2.45, 2.75) is 20.0 Å². The van der Waals surface area contributed by atoms with Crippen molar-refractivity contribution in [3.8, 4) is 12.3 Å². The minimum atomic E-state index is 0.0165. The third kappa shape index (κ3) is 2.97. The summed E-state index contributed by atoms with van der Waals surface area (Å²) < 4.78 is 0. The number of pyridine rings is 1. The lowest BCUT2D eigenvalue weighted by molar-refractivity contribution is 0.282. The first kappa shape index (κ1) is 11.5. The summed E-state index contributed by atoms with van der Waals surface area (Å²) in [7, 11) is 0. The van der Waals surface area contributed by atoms with Gasteiger partial charge in [0.15, 0.2) is 0 Å². The Morgan fingerprint density at radius 3 is 3.00 bits per heavy atom. The lowest BCUT2D eigenvalue weighted by atomic mass is 10.2. The predicted octanol–water partition coefficient (Wildman–Crippen LogP) is 1.42. The predicted molar refractivity (Wildman–Crippen MR) is 61.5 cm³/mol. The average Bonchev–Trinajstić information content (AvgIpc) is 2.29. The van der Waals surface area contributed by atoms with Gasteiger partial charge in [-0.15, -0.1) is 6.42 Å². The van der Waals surface area contributed by atoms with Gasteiger partial charge in [-0.05, 0) is 12.5 Å². The van der Waals surface area contributed by atoms with Crippen LogP contribution in [0, 0.1) is 12.3 Å². The molecule has 0 aliphatic carbocycles. The van der Waals surface area contributed by atoms with Crippen LogP contribution in [-0.4, -0.2) is 23.2 Å². The van der Waals surface area contributed by atoms with E-state index in [9.17, 15) is 5.11 Å². The Labute approximate surface area is 90.8 Å². The second-order valence-corrected chi connectivity index (χ2v) is 3.29. The van der Waals surface area contributed by atoms with Crippen LogP contribution in [0.2, 0.25) is 0 Å². The number of aromatic nitrogens is 1. The molecule has 1 rings (SSSR count). The standard InChI is InChI=1S/C12H16N2O/c1-3-7-14(8-4-2)12-9-13-6-5-11(12)10-15/h1,5-6,9,15H,4,7-8,10H2,2H3. The first-order valence-electron chi connectivity index (χ1n) is 5.05. The van der Waals surface area contributed by atoms with Gasteiger partial charge in [0.2, 0.25) is 0 Å². The molecule has 15 heavy (non-hydrogen) atoms. The number of hydrogen-bond acceptors (Lipinski definition) is 3. The van der Waals surface area contributed by atoms with Crippen molar-refractivity contribution in [3.05, 3.63) is 24.0 Å². The van der Waals surface area contributed by atoms with Gasteiger partial charge in [0.05, 0.1) is 25.0 Å². The summed E-state index contributed by atoms with van der Waals surface area (Å²) in [5, 5.41) is 9.20. The van der Waals surface area contributed by atoms with Gasteiger partial charge in [0.1, 0.15) is 0 Å². The van der Waals surface area contributed by atoms with Crippen molar-refractivity contribution in [3.63, 3.8) is 0 Å². The van der Waals surface area contributed by atoms with Crippen LogP contribution < -0.4 is 4.90 Å². The minimum absolute atomic E-state index is 0.0165. The Hall–Kier alpha value is -1.53. The molecule has 0 saturated carbocycles. The van der Waals surface area contributed by atoms with Gasteiger partial charge in [-0.3, -0.25) is 4.98 Å². The van der Waals surface area contributed by atoms with Crippen LogP contribution in [0.15, 0.2) is 18.5 Å². The molecule has 0 spiro atoms. The van der Waals surface area contributed by atoms with Gasteiger partial charge in [-0.2, -0.15) is 0 Å². The highest BCUT2D eigenvalue weighted by atomic mass is 16.3. The summed E-state index contributed by atoms with van der Waals surface area (Å²) in [6.07, 6.45) is 9.75. The van der Waals surface area contributed by atoms with Gasteiger partial charge in [-0.25, -0.2) is 0 Å². The van der Waals surface area contributed by atoms with Crippen LogP contribution in [0.25, 0.3) is 0 Å². The van der Waals surface area contributed by atoms with Crippen LogP contribution in [-0.2, 0) is 6.61 Å². The lowest BCUT2D eigenvalue weighted by Crippen LogP contribution is -2.25. The normalized spacial score (nSPS) is 9.67. The molecule has 3 nitrogen and oxygen atoms in total. The third-order valence-corrected chi connectivity index (χ3v) is 2.17. The SMILES string of the molecule is C#CCN(CCC)c1cnccc1CO. The van der Waals surface area contributed by atoms with Crippen LogP contribution in [0.3, 0.4) is 0 Å². The van der Waals surface area contributed by atoms with Crippen LogP contribution >= 0.6 is 0 Å². The maximum atomic E-state index is 9.20. The number of anilines is 1. The zero-order valence-corrected chi connectivity index (χ0v) is 8.98. The van der Waals surface area contributed by atoms with Crippen LogP contribution in [0.4, 0.5) is 5.69 Å². The van der Waals surface area contributed by atoms with E-state index >= 15 is 0 Å². The molecule has 3 heteroatoms. The largest absolute Gasteiger partial charge is 0.392 e. The molecule has 0 aliphatic heterocycles. The number of rotatable bonds is 5. The number of nitrogens with zero attached hydrogens (tertiary/aromatic N) is 2. The van der Waals surface area contributed by atoms with E-state index in [2.05, 4.69) is 22.7 Å². The molecule has 0 fully saturated rings. The molecular formula is C12H16N2O. The Morgan fingerprint density at radius 1 is 1.60 bits per heavy atom. The van der Waals surface area contributed by atoms with Gasteiger partial charge in [0.25, 0.3) is 0 Å². The number of aliphatic hydroxyl groups excluding tert-OH is 1. The van der Waals surface area contributed by atoms with E-state index in [1.54, 1.807) is 12.4 Å². The molecule has 1 aromatic heterocycles. The molecule has 0 aliphatic rings. The number of terminal acetylenes is 1. The average molecular weight is 204 g/mol. The van der Waals surface area contributed by atoms with Gasteiger partial charge >= 0.3 is 0 Å². The molecule has 0 amide bonds. The Morgan fingerprint density at radius 2 is 2.40 bits per heavy atom. The van der Waals surface area contributed by atoms with Crippen molar-refractivity contribution in [2.75, 3.05) is 18.0 Å². The van der Waals surface area contributed by atoms with Crippen molar-refractivity contribution in [1.29, 1.82) is 0 Å². The highest BCUT2D eigenvalue weighted by Gasteiger charge is 2.08. The smallest absolute Gasteiger partial charge is 0.0792 e. The first-order valence-corrected chi connectivity index (χ1v) is 5.05. The molecule has 0 aromatic carbocycles. The topological polar surface area (TPSA) is 36.4 Å².